The minimum absolute atomic E-state index is 0.0648. The van der Waals surface area contributed by atoms with Crippen molar-refractivity contribution in [1.29, 1.82) is 0 Å². The maximum absolute atomic E-state index is 13.1. The van der Waals surface area contributed by atoms with Crippen LogP contribution in [-0.2, 0) is 14.3 Å². The molecule has 9 nitrogen and oxygen atoms in total. The molecule has 0 bridgehead atoms. The molecule has 31 heavy (non-hydrogen) atoms. The molecule has 2 unspecified atom stereocenters. The van der Waals surface area contributed by atoms with Gasteiger partial charge < -0.3 is 35.0 Å². The lowest BCUT2D eigenvalue weighted by Gasteiger charge is -2.44. The van der Waals surface area contributed by atoms with Gasteiger partial charge in [-0.2, -0.15) is 0 Å². The van der Waals surface area contributed by atoms with Crippen LogP contribution < -0.4 is 0 Å². The van der Waals surface area contributed by atoms with Crippen molar-refractivity contribution in [2.24, 2.45) is 0 Å². The first-order valence-electron chi connectivity index (χ1n) is 9.68. The third-order valence-electron chi connectivity index (χ3n) is 5.71. The summed E-state index contributed by atoms with van der Waals surface area (Å²) in [6, 6.07) is 7.44. The number of aliphatic hydroxyl groups excluding tert-OH is 3. The van der Waals surface area contributed by atoms with Crippen molar-refractivity contribution in [3.8, 4) is 11.5 Å². The molecule has 0 spiro atoms. The van der Waals surface area contributed by atoms with Crippen molar-refractivity contribution in [2.45, 2.75) is 50.5 Å². The molecule has 6 atom stereocenters. The zero-order chi connectivity index (χ0) is 22.6. The quantitative estimate of drug-likeness (QED) is 0.427. The molecule has 1 saturated heterocycles. The Balaban J connectivity index is 1.92. The Labute approximate surface area is 177 Å². The van der Waals surface area contributed by atoms with Crippen molar-refractivity contribution >= 4 is 11.8 Å². The lowest BCUT2D eigenvalue weighted by atomic mass is 9.71. The van der Waals surface area contributed by atoms with Crippen LogP contribution in [0.2, 0.25) is 0 Å². The number of carbonyl (C=O) groups is 2. The maximum atomic E-state index is 13.1. The smallest absolute Gasteiger partial charge is 0.305 e. The van der Waals surface area contributed by atoms with Crippen LogP contribution in [0.4, 0.5) is 0 Å². The summed E-state index contributed by atoms with van der Waals surface area (Å²) in [4.78, 5) is 24.5. The molecule has 2 aromatic carbocycles. The van der Waals surface area contributed by atoms with Crippen LogP contribution in [-0.4, -0.2) is 68.0 Å². The molecule has 2 aromatic rings. The van der Waals surface area contributed by atoms with E-state index in [0.717, 1.165) is 6.92 Å². The fourth-order valence-corrected chi connectivity index (χ4v) is 4.41. The van der Waals surface area contributed by atoms with E-state index in [4.69, 9.17) is 9.47 Å². The normalized spacial score (nSPS) is 29.8. The van der Waals surface area contributed by atoms with Crippen molar-refractivity contribution < 1.29 is 44.6 Å². The second kappa shape index (κ2) is 7.61. The number of phenols is 2. The van der Waals surface area contributed by atoms with Gasteiger partial charge in [0, 0.05) is 12.8 Å². The monoisotopic (exact) mass is 430 g/mol. The molecular formula is C22H22O9. The third-order valence-corrected chi connectivity index (χ3v) is 5.71. The molecule has 1 heterocycles. The van der Waals surface area contributed by atoms with Gasteiger partial charge in [-0.15, -0.1) is 0 Å². The molecule has 2 aliphatic rings. The zero-order valence-corrected chi connectivity index (χ0v) is 16.7. The van der Waals surface area contributed by atoms with Gasteiger partial charge in [0.1, 0.15) is 35.9 Å². The SMILES string of the molecule is CC(=O)OC1O[C@@H](C2c3cccc(O)c3C(=O)c3c(O)cc(C)cc32)[C@H](O)[C@@H](O)[C@@H]1O. The predicted octanol–water partition coefficient (Wildman–Crippen LogP) is 0.453. The number of hydrogen-bond donors (Lipinski definition) is 5. The number of rotatable bonds is 2. The molecule has 1 aliphatic carbocycles. The highest BCUT2D eigenvalue weighted by molar-refractivity contribution is 6.16. The largest absolute Gasteiger partial charge is 0.507 e. The number of hydrogen-bond acceptors (Lipinski definition) is 9. The van der Waals surface area contributed by atoms with Gasteiger partial charge in [0.2, 0.25) is 12.1 Å². The van der Waals surface area contributed by atoms with Gasteiger partial charge in [0.15, 0.2) is 0 Å². The van der Waals surface area contributed by atoms with Crippen LogP contribution in [0.5, 0.6) is 11.5 Å². The van der Waals surface area contributed by atoms with Gasteiger partial charge in [-0.05, 0) is 35.7 Å². The average molecular weight is 430 g/mol. The number of carbonyl (C=O) groups excluding carboxylic acids is 2. The highest BCUT2D eigenvalue weighted by atomic mass is 16.7. The highest BCUT2D eigenvalue weighted by Gasteiger charge is 2.51. The number of esters is 1. The van der Waals surface area contributed by atoms with E-state index in [0.29, 0.717) is 16.7 Å². The Kier molecular flexibility index (Phi) is 5.22. The Morgan fingerprint density at radius 3 is 2.32 bits per heavy atom. The first-order valence-corrected chi connectivity index (χ1v) is 9.68. The van der Waals surface area contributed by atoms with Gasteiger partial charge >= 0.3 is 5.97 Å². The van der Waals surface area contributed by atoms with E-state index >= 15 is 0 Å². The van der Waals surface area contributed by atoms with Crippen molar-refractivity contribution in [3.05, 3.63) is 58.1 Å². The number of aliphatic hydroxyl groups is 3. The molecule has 5 N–H and O–H groups in total. The summed E-state index contributed by atoms with van der Waals surface area (Å²) in [5.74, 6) is -2.92. The fraction of sp³-hybridized carbons (Fsp3) is 0.364. The van der Waals surface area contributed by atoms with E-state index in [-0.39, 0.29) is 22.6 Å². The van der Waals surface area contributed by atoms with Gasteiger partial charge in [-0.3, -0.25) is 9.59 Å². The van der Waals surface area contributed by atoms with Crippen LogP contribution in [0, 0.1) is 6.92 Å². The van der Waals surface area contributed by atoms with E-state index in [9.17, 15) is 35.1 Å². The molecule has 9 heteroatoms. The highest BCUT2D eigenvalue weighted by Crippen LogP contribution is 2.47. The maximum Gasteiger partial charge on any atom is 0.305 e. The molecule has 164 valence electrons. The molecule has 0 amide bonds. The Bertz CT molecular complexity index is 1060. The summed E-state index contributed by atoms with van der Waals surface area (Å²) >= 11 is 0. The first-order chi connectivity index (χ1) is 14.6. The van der Waals surface area contributed by atoms with E-state index in [1.54, 1.807) is 19.1 Å². The summed E-state index contributed by atoms with van der Waals surface area (Å²) in [7, 11) is 0. The van der Waals surface area contributed by atoms with Crippen LogP contribution in [0.1, 0.15) is 45.5 Å². The molecule has 0 saturated carbocycles. The number of aryl methyl sites for hydroxylation is 1. The topological polar surface area (TPSA) is 154 Å². The lowest BCUT2D eigenvalue weighted by Crippen LogP contribution is -2.60. The molecule has 1 aliphatic heterocycles. The van der Waals surface area contributed by atoms with Crippen molar-refractivity contribution in [1.82, 2.24) is 0 Å². The standard InChI is InChI=1S/C22H22O9/c1-8-6-11-14(21-19(28)18(27)20(29)22(31-21)30-9(2)23)10-4-3-5-12(24)15(10)17(26)16(11)13(25)7-8/h3-7,14,18-22,24-25,27-29H,1-2H3/t14?,18-,19-,20+,21+,22?/m1/s1. The summed E-state index contributed by atoms with van der Waals surface area (Å²) in [6.45, 7) is 2.81. The molecule has 1 fully saturated rings. The number of aromatic hydroxyl groups is 2. The minimum Gasteiger partial charge on any atom is -0.507 e. The Morgan fingerprint density at radius 1 is 0.968 bits per heavy atom. The second-order valence-corrected chi connectivity index (χ2v) is 7.85. The van der Waals surface area contributed by atoms with Crippen LogP contribution in [0.15, 0.2) is 30.3 Å². The first kappa shape index (κ1) is 21.3. The Morgan fingerprint density at radius 2 is 1.65 bits per heavy atom. The van der Waals surface area contributed by atoms with Gasteiger partial charge in [0.25, 0.3) is 0 Å². The lowest BCUT2D eigenvalue weighted by molar-refractivity contribution is -0.289. The van der Waals surface area contributed by atoms with E-state index in [1.807, 2.05) is 0 Å². The zero-order valence-electron chi connectivity index (χ0n) is 16.7. The number of fused-ring (bicyclic) bond motifs is 2. The van der Waals surface area contributed by atoms with Crippen LogP contribution >= 0.6 is 0 Å². The molecule has 0 aromatic heterocycles. The average Bonchev–Trinajstić information content (AvgIpc) is 2.68. The van der Waals surface area contributed by atoms with E-state index in [2.05, 4.69) is 0 Å². The fourth-order valence-electron chi connectivity index (χ4n) is 4.41. The van der Waals surface area contributed by atoms with Crippen molar-refractivity contribution in [2.75, 3.05) is 0 Å². The predicted molar refractivity (Wildman–Crippen MR) is 105 cm³/mol. The van der Waals surface area contributed by atoms with E-state index < -0.39 is 48.4 Å². The molecule has 0 radical (unpaired) electrons. The van der Waals surface area contributed by atoms with Gasteiger partial charge in [0.05, 0.1) is 11.1 Å². The van der Waals surface area contributed by atoms with Crippen molar-refractivity contribution in [3.63, 3.8) is 0 Å². The second-order valence-electron chi connectivity index (χ2n) is 7.85. The van der Waals surface area contributed by atoms with Gasteiger partial charge in [-0.1, -0.05) is 18.2 Å². The Hall–Kier alpha value is -2.98. The number of benzene rings is 2. The summed E-state index contributed by atoms with van der Waals surface area (Å²) < 4.78 is 10.7. The minimum atomic E-state index is -1.72. The summed E-state index contributed by atoms with van der Waals surface area (Å²) in [6.07, 6.45) is -7.90. The third kappa shape index (κ3) is 3.35. The van der Waals surface area contributed by atoms with Crippen LogP contribution in [0.3, 0.4) is 0 Å². The summed E-state index contributed by atoms with van der Waals surface area (Å²) in [5.41, 5.74) is 1.11. The van der Waals surface area contributed by atoms with E-state index in [1.165, 1.54) is 18.2 Å². The number of phenolic OH excluding ortho intramolecular Hbond substituents is 2. The summed E-state index contributed by atoms with van der Waals surface area (Å²) in [5, 5.41) is 52.2. The molecular weight excluding hydrogens is 408 g/mol. The molecule has 4 rings (SSSR count). The number of ether oxygens (including phenoxy) is 2. The van der Waals surface area contributed by atoms with Gasteiger partial charge in [-0.25, -0.2) is 0 Å². The number of ketones is 1. The van der Waals surface area contributed by atoms with Crippen LogP contribution in [0.25, 0.3) is 0 Å².